The molecule has 2 aliphatic heterocycles. The molecule has 1 aromatic carbocycles. The molecule has 10 nitrogen and oxygen atoms in total. The first-order valence-corrected chi connectivity index (χ1v) is 10.9. The average Bonchev–Trinajstić information content (AvgIpc) is 3.44. The molecular formula is C22H27N5O5. The number of nitro benzene ring substituents is 1. The number of anilines is 1. The van der Waals surface area contributed by atoms with Crippen LogP contribution >= 0.6 is 0 Å². The van der Waals surface area contributed by atoms with Crippen LogP contribution in [0.25, 0.3) is 0 Å². The van der Waals surface area contributed by atoms with Crippen molar-refractivity contribution in [1.29, 1.82) is 0 Å². The maximum atomic E-state index is 13.0. The Bertz CT molecular complexity index is 1020. The predicted molar refractivity (Wildman–Crippen MR) is 117 cm³/mol. The summed E-state index contributed by atoms with van der Waals surface area (Å²) in [5, 5.41) is 15.5. The average molecular weight is 441 g/mol. The minimum atomic E-state index is -0.421. The highest BCUT2D eigenvalue weighted by Crippen LogP contribution is 2.32. The molecule has 0 spiro atoms. The fourth-order valence-corrected chi connectivity index (χ4v) is 4.39. The molecule has 0 saturated carbocycles. The Morgan fingerprint density at radius 2 is 1.72 bits per heavy atom. The standard InChI is InChI=1S/C22H27N5O5/c1-15-18(16(2)32-23-15)14-21(28)25-9-11-26(12-10-25)22(29)17-5-6-19(20(13-17)27(30)31)24-7-3-4-8-24/h5-6,13H,3-4,7-12,14H2,1-2H3. The number of carbonyl (C=O) groups excluding carboxylic acids is 2. The van der Waals surface area contributed by atoms with Gasteiger partial charge in [0.15, 0.2) is 0 Å². The van der Waals surface area contributed by atoms with Crippen LogP contribution in [0.2, 0.25) is 0 Å². The van der Waals surface area contributed by atoms with Crippen LogP contribution in [0.15, 0.2) is 22.7 Å². The van der Waals surface area contributed by atoms with Gasteiger partial charge in [-0.25, -0.2) is 0 Å². The maximum Gasteiger partial charge on any atom is 0.293 e. The lowest BCUT2D eigenvalue weighted by molar-refractivity contribution is -0.384. The zero-order valence-corrected chi connectivity index (χ0v) is 18.4. The molecule has 2 amide bonds. The molecule has 2 aromatic rings. The van der Waals surface area contributed by atoms with E-state index in [2.05, 4.69) is 5.16 Å². The van der Waals surface area contributed by atoms with Gasteiger partial charge in [0.2, 0.25) is 5.91 Å². The van der Waals surface area contributed by atoms with Crippen LogP contribution in [0.4, 0.5) is 11.4 Å². The molecule has 3 heterocycles. The minimum absolute atomic E-state index is 0.0305. The summed E-state index contributed by atoms with van der Waals surface area (Å²) in [7, 11) is 0. The number of nitro groups is 1. The second kappa shape index (κ2) is 8.97. The second-order valence-electron chi connectivity index (χ2n) is 8.31. The third kappa shape index (κ3) is 4.30. The monoisotopic (exact) mass is 441 g/mol. The third-order valence-electron chi connectivity index (χ3n) is 6.29. The fourth-order valence-electron chi connectivity index (χ4n) is 4.39. The van der Waals surface area contributed by atoms with E-state index in [0.717, 1.165) is 31.5 Å². The third-order valence-corrected chi connectivity index (χ3v) is 6.29. The Morgan fingerprint density at radius 1 is 1.06 bits per heavy atom. The van der Waals surface area contributed by atoms with Crippen LogP contribution in [0.1, 0.15) is 40.2 Å². The zero-order chi connectivity index (χ0) is 22.8. The van der Waals surface area contributed by atoms with Gasteiger partial charge < -0.3 is 19.2 Å². The van der Waals surface area contributed by atoms with Crippen molar-refractivity contribution in [3.8, 4) is 0 Å². The number of hydrogen-bond acceptors (Lipinski definition) is 7. The lowest BCUT2D eigenvalue weighted by atomic mass is 10.1. The summed E-state index contributed by atoms with van der Waals surface area (Å²) in [5.74, 6) is 0.361. The number of carbonyl (C=O) groups is 2. The summed E-state index contributed by atoms with van der Waals surface area (Å²) in [6.45, 7) is 6.78. The highest BCUT2D eigenvalue weighted by molar-refractivity contribution is 5.96. The molecule has 2 aliphatic rings. The lowest BCUT2D eigenvalue weighted by Crippen LogP contribution is -2.51. The Kier molecular flexibility index (Phi) is 6.11. The van der Waals surface area contributed by atoms with Crippen molar-refractivity contribution in [2.24, 2.45) is 0 Å². The van der Waals surface area contributed by atoms with Gasteiger partial charge >= 0.3 is 0 Å². The SMILES string of the molecule is Cc1noc(C)c1CC(=O)N1CCN(C(=O)c2ccc(N3CCCC3)c([N+](=O)[O-])c2)CC1. The molecule has 0 atom stereocenters. The number of amides is 2. The Labute approximate surface area is 185 Å². The zero-order valence-electron chi connectivity index (χ0n) is 18.4. The number of nitrogens with zero attached hydrogens (tertiary/aromatic N) is 5. The van der Waals surface area contributed by atoms with E-state index in [1.165, 1.54) is 6.07 Å². The van der Waals surface area contributed by atoms with E-state index in [-0.39, 0.29) is 23.9 Å². The lowest BCUT2D eigenvalue weighted by Gasteiger charge is -2.35. The van der Waals surface area contributed by atoms with Gasteiger partial charge in [-0.15, -0.1) is 0 Å². The largest absolute Gasteiger partial charge is 0.366 e. The molecule has 0 unspecified atom stereocenters. The molecule has 4 rings (SSSR count). The summed E-state index contributed by atoms with van der Waals surface area (Å²) < 4.78 is 5.12. The van der Waals surface area contributed by atoms with Crippen LogP contribution in [0.5, 0.6) is 0 Å². The van der Waals surface area contributed by atoms with E-state index in [9.17, 15) is 19.7 Å². The van der Waals surface area contributed by atoms with Crippen molar-refractivity contribution in [3.63, 3.8) is 0 Å². The summed E-state index contributed by atoms with van der Waals surface area (Å²) in [6, 6.07) is 4.73. The molecule has 170 valence electrons. The van der Waals surface area contributed by atoms with Crippen molar-refractivity contribution in [2.75, 3.05) is 44.2 Å². The molecule has 0 bridgehead atoms. The van der Waals surface area contributed by atoms with E-state index in [1.54, 1.807) is 28.9 Å². The predicted octanol–water partition coefficient (Wildman–Crippen LogP) is 2.33. The smallest absolute Gasteiger partial charge is 0.293 e. The highest BCUT2D eigenvalue weighted by atomic mass is 16.6. The first-order valence-electron chi connectivity index (χ1n) is 10.9. The molecule has 0 N–H and O–H groups in total. The summed E-state index contributed by atoms with van der Waals surface area (Å²) in [4.78, 5) is 42.2. The molecule has 2 saturated heterocycles. The van der Waals surface area contributed by atoms with Crippen LogP contribution in [-0.2, 0) is 11.2 Å². The Balaban J connectivity index is 1.40. The maximum absolute atomic E-state index is 13.0. The molecule has 10 heteroatoms. The van der Waals surface area contributed by atoms with Gasteiger partial charge in [0.25, 0.3) is 11.6 Å². The van der Waals surface area contributed by atoms with Crippen LogP contribution in [0, 0.1) is 24.0 Å². The molecule has 0 radical (unpaired) electrons. The quantitative estimate of drug-likeness (QED) is 0.517. The molecular weight excluding hydrogens is 414 g/mol. The van der Waals surface area contributed by atoms with Gasteiger partial charge in [-0.1, -0.05) is 5.16 Å². The second-order valence-corrected chi connectivity index (χ2v) is 8.31. The van der Waals surface area contributed by atoms with E-state index >= 15 is 0 Å². The summed E-state index contributed by atoms with van der Waals surface area (Å²) >= 11 is 0. The first-order chi connectivity index (χ1) is 15.3. The highest BCUT2D eigenvalue weighted by Gasteiger charge is 2.28. The number of aromatic nitrogens is 1. The van der Waals surface area contributed by atoms with E-state index in [4.69, 9.17) is 4.52 Å². The minimum Gasteiger partial charge on any atom is -0.366 e. The molecule has 0 aliphatic carbocycles. The van der Waals surface area contributed by atoms with E-state index in [1.807, 2.05) is 11.8 Å². The number of rotatable bonds is 5. The van der Waals surface area contributed by atoms with E-state index < -0.39 is 4.92 Å². The number of piperazine rings is 1. The van der Waals surface area contributed by atoms with Gasteiger partial charge in [0.1, 0.15) is 11.4 Å². The number of benzene rings is 1. The van der Waals surface area contributed by atoms with Gasteiger partial charge in [-0.3, -0.25) is 19.7 Å². The van der Waals surface area contributed by atoms with Gasteiger partial charge in [0.05, 0.1) is 17.0 Å². The van der Waals surface area contributed by atoms with Crippen molar-refractivity contribution >= 4 is 23.2 Å². The van der Waals surface area contributed by atoms with Crippen molar-refractivity contribution in [1.82, 2.24) is 15.0 Å². The Hall–Kier alpha value is -3.43. The van der Waals surface area contributed by atoms with Gasteiger partial charge in [0, 0.05) is 56.5 Å². The molecule has 2 fully saturated rings. The first kappa shape index (κ1) is 21.8. The van der Waals surface area contributed by atoms with Crippen molar-refractivity contribution in [3.05, 3.63) is 50.9 Å². The van der Waals surface area contributed by atoms with Gasteiger partial charge in [-0.2, -0.15) is 0 Å². The van der Waals surface area contributed by atoms with Gasteiger partial charge in [-0.05, 0) is 38.8 Å². The fraction of sp³-hybridized carbons (Fsp3) is 0.500. The summed E-state index contributed by atoms with van der Waals surface area (Å²) in [5.41, 5.74) is 2.35. The normalized spacial score (nSPS) is 16.5. The number of hydrogen-bond donors (Lipinski definition) is 0. The number of aryl methyl sites for hydroxylation is 2. The molecule has 1 aromatic heterocycles. The topological polar surface area (TPSA) is 113 Å². The molecule has 32 heavy (non-hydrogen) atoms. The van der Waals surface area contributed by atoms with Crippen molar-refractivity contribution < 1.29 is 19.0 Å². The van der Waals surface area contributed by atoms with Crippen LogP contribution < -0.4 is 4.90 Å². The van der Waals surface area contributed by atoms with Crippen molar-refractivity contribution in [2.45, 2.75) is 33.1 Å². The van der Waals surface area contributed by atoms with Crippen LogP contribution in [0.3, 0.4) is 0 Å². The Morgan fingerprint density at radius 3 is 2.31 bits per heavy atom. The van der Waals surface area contributed by atoms with Crippen LogP contribution in [-0.4, -0.2) is 71.0 Å². The summed E-state index contributed by atoms with van der Waals surface area (Å²) in [6.07, 6.45) is 2.24. The van der Waals surface area contributed by atoms with E-state index in [0.29, 0.717) is 48.9 Å².